The van der Waals surface area contributed by atoms with E-state index < -0.39 is 39.8 Å². The predicted molar refractivity (Wildman–Crippen MR) is 95.7 cm³/mol. The Hall–Kier alpha value is -3.40. The van der Waals surface area contributed by atoms with Gasteiger partial charge in [0.05, 0.1) is 28.0 Å². The van der Waals surface area contributed by atoms with Crippen LogP contribution in [0.3, 0.4) is 0 Å². The number of aromatic nitrogens is 2. The van der Waals surface area contributed by atoms with Crippen LogP contribution in [0.15, 0.2) is 53.5 Å². The van der Waals surface area contributed by atoms with E-state index in [1.54, 1.807) is 0 Å². The molecule has 0 aliphatic carbocycles. The molecule has 0 spiro atoms. The van der Waals surface area contributed by atoms with Gasteiger partial charge >= 0.3 is 6.18 Å². The highest BCUT2D eigenvalue weighted by Gasteiger charge is 2.35. The average molecular weight is 428 g/mol. The minimum atomic E-state index is -4.80. The Morgan fingerprint density at radius 2 is 1.83 bits per heavy atom. The SMILES string of the molecule is O=C(Nc1cn[nH]c(=O)c1)c1cc(Cl)c(C(F)(F)F)cc1Oc1ccc(F)cc1. The van der Waals surface area contributed by atoms with Crippen molar-refractivity contribution in [1.29, 1.82) is 0 Å². The number of ether oxygens (including phenoxy) is 1. The van der Waals surface area contributed by atoms with Gasteiger partial charge in [0.1, 0.15) is 17.3 Å². The van der Waals surface area contributed by atoms with Crippen LogP contribution in [0.1, 0.15) is 15.9 Å². The summed E-state index contributed by atoms with van der Waals surface area (Å²) >= 11 is 5.71. The number of amides is 1. The second-order valence-corrected chi connectivity index (χ2v) is 6.08. The molecule has 3 rings (SSSR count). The molecule has 6 nitrogen and oxygen atoms in total. The largest absolute Gasteiger partial charge is 0.457 e. The molecule has 0 unspecified atom stereocenters. The number of anilines is 1. The molecule has 29 heavy (non-hydrogen) atoms. The van der Waals surface area contributed by atoms with E-state index in [0.29, 0.717) is 6.07 Å². The molecule has 1 aromatic heterocycles. The van der Waals surface area contributed by atoms with Crippen LogP contribution >= 0.6 is 11.6 Å². The van der Waals surface area contributed by atoms with Gasteiger partial charge in [-0.1, -0.05) is 11.6 Å². The van der Waals surface area contributed by atoms with E-state index in [4.69, 9.17) is 16.3 Å². The van der Waals surface area contributed by atoms with Crippen molar-refractivity contribution < 1.29 is 27.1 Å². The third-order valence-corrected chi connectivity index (χ3v) is 3.90. The quantitative estimate of drug-likeness (QED) is 0.595. The van der Waals surface area contributed by atoms with Gasteiger partial charge in [0.25, 0.3) is 11.5 Å². The molecular formula is C18H10ClF4N3O3. The van der Waals surface area contributed by atoms with E-state index >= 15 is 0 Å². The van der Waals surface area contributed by atoms with Crippen LogP contribution in [-0.4, -0.2) is 16.1 Å². The summed E-state index contributed by atoms with van der Waals surface area (Å²) in [5.41, 5.74) is -2.16. The highest BCUT2D eigenvalue weighted by Crippen LogP contribution is 2.40. The van der Waals surface area contributed by atoms with E-state index in [-0.39, 0.29) is 17.0 Å². The number of benzene rings is 2. The number of aromatic amines is 1. The van der Waals surface area contributed by atoms with Gasteiger partial charge in [-0.2, -0.15) is 18.3 Å². The average Bonchev–Trinajstić information content (AvgIpc) is 2.63. The molecule has 0 aliphatic heterocycles. The first-order valence-electron chi connectivity index (χ1n) is 7.84. The molecule has 0 aliphatic rings. The van der Waals surface area contributed by atoms with E-state index in [9.17, 15) is 27.2 Å². The Morgan fingerprint density at radius 3 is 2.45 bits per heavy atom. The molecule has 2 aromatic carbocycles. The van der Waals surface area contributed by atoms with Crippen LogP contribution in [0.25, 0.3) is 0 Å². The Morgan fingerprint density at radius 1 is 1.14 bits per heavy atom. The summed E-state index contributed by atoms with van der Waals surface area (Å²) in [6.07, 6.45) is -3.67. The molecule has 3 aromatic rings. The topological polar surface area (TPSA) is 84.1 Å². The lowest BCUT2D eigenvalue weighted by molar-refractivity contribution is -0.137. The molecule has 150 valence electrons. The number of alkyl halides is 3. The minimum absolute atomic E-state index is 0.00232. The van der Waals surface area contributed by atoms with Crippen LogP contribution in [0.4, 0.5) is 23.2 Å². The van der Waals surface area contributed by atoms with E-state index in [2.05, 4.69) is 15.5 Å². The molecule has 1 heterocycles. The summed E-state index contributed by atoms with van der Waals surface area (Å²) < 4.78 is 58.1. The molecule has 0 radical (unpaired) electrons. The van der Waals surface area contributed by atoms with Crippen LogP contribution in [0.2, 0.25) is 5.02 Å². The zero-order valence-electron chi connectivity index (χ0n) is 14.2. The standard InChI is InChI=1S/C18H10ClF4N3O3/c19-14-6-12(17(28)25-10-5-16(27)26-24-8-10)15(7-13(14)18(21,22)23)29-11-3-1-9(20)2-4-11/h1-8H,(H2,25,26,27,28). The maximum Gasteiger partial charge on any atom is 0.417 e. The number of nitrogens with zero attached hydrogens (tertiary/aromatic N) is 1. The lowest BCUT2D eigenvalue weighted by Gasteiger charge is -2.16. The summed E-state index contributed by atoms with van der Waals surface area (Å²) in [6, 6.07) is 6.82. The second-order valence-electron chi connectivity index (χ2n) is 5.67. The Bertz CT molecular complexity index is 1110. The van der Waals surface area contributed by atoms with Gasteiger partial charge in [-0.15, -0.1) is 0 Å². The van der Waals surface area contributed by atoms with Crippen molar-refractivity contribution in [3.05, 3.63) is 81.0 Å². The monoisotopic (exact) mass is 427 g/mol. The Balaban J connectivity index is 2.03. The third kappa shape index (κ3) is 4.91. The van der Waals surface area contributed by atoms with Gasteiger partial charge < -0.3 is 10.1 Å². The fourth-order valence-corrected chi connectivity index (χ4v) is 2.58. The van der Waals surface area contributed by atoms with Crippen LogP contribution < -0.4 is 15.6 Å². The molecule has 2 N–H and O–H groups in total. The van der Waals surface area contributed by atoms with Crippen molar-refractivity contribution in [2.24, 2.45) is 0 Å². The molecule has 0 saturated carbocycles. The van der Waals surface area contributed by atoms with Crippen LogP contribution in [-0.2, 0) is 6.18 Å². The van der Waals surface area contributed by atoms with Gasteiger partial charge in [-0.25, -0.2) is 9.49 Å². The summed E-state index contributed by atoms with van der Waals surface area (Å²) in [5.74, 6) is -1.95. The zero-order chi connectivity index (χ0) is 21.2. The normalized spacial score (nSPS) is 11.2. The number of carbonyl (C=O) groups is 1. The van der Waals surface area contributed by atoms with Gasteiger partial charge in [0.15, 0.2) is 0 Å². The van der Waals surface area contributed by atoms with Crippen molar-refractivity contribution in [3.8, 4) is 11.5 Å². The van der Waals surface area contributed by atoms with Gasteiger partial charge in [-0.05, 0) is 36.4 Å². The van der Waals surface area contributed by atoms with Crippen LogP contribution in [0.5, 0.6) is 11.5 Å². The summed E-state index contributed by atoms with van der Waals surface area (Å²) in [6.45, 7) is 0. The first-order chi connectivity index (χ1) is 13.6. The summed E-state index contributed by atoms with van der Waals surface area (Å²) in [5, 5.41) is 7.20. The molecule has 0 fully saturated rings. The number of nitrogens with one attached hydrogen (secondary N) is 2. The Labute approximate surface area is 165 Å². The van der Waals surface area contributed by atoms with E-state index in [0.717, 1.165) is 30.5 Å². The van der Waals surface area contributed by atoms with E-state index in [1.165, 1.54) is 12.1 Å². The fraction of sp³-hybridized carbons (Fsp3) is 0.0556. The second kappa shape index (κ2) is 7.92. The first kappa shape index (κ1) is 20.3. The predicted octanol–water partition coefficient (Wildman–Crippen LogP) is 4.63. The molecule has 11 heteroatoms. The molecule has 0 saturated heterocycles. The minimum Gasteiger partial charge on any atom is -0.457 e. The number of rotatable bonds is 4. The van der Waals surface area contributed by atoms with Gasteiger partial charge in [0, 0.05) is 6.07 Å². The summed E-state index contributed by atoms with van der Waals surface area (Å²) in [7, 11) is 0. The number of H-pyrrole nitrogens is 1. The number of carbonyl (C=O) groups excluding carboxylic acids is 1. The third-order valence-electron chi connectivity index (χ3n) is 3.58. The highest BCUT2D eigenvalue weighted by atomic mass is 35.5. The molecule has 1 amide bonds. The highest BCUT2D eigenvalue weighted by molar-refractivity contribution is 6.32. The van der Waals surface area contributed by atoms with Crippen molar-refractivity contribution in [2.45, 2.75) is 6.18 Å². The molecule has 0 atom stereocenters. The molecule has 0 bridgehead atoms. The smallest absolute Gasteiger partial charge is 0.417 e. The lowest BCUT2D eigenvalue weighted by atomic mass is 10.1. The van der Waals surface area contributed by atoms with Crippen molar-refractivity contribution >= 4 is 23.2 Å². The number of hydrogen-bond donors (Lipinski definition) is 2. The van der Waals surface area contributed by atoms with Crippen molar-refractivity contribution in [1.82, 2.24) is 10.2 Å². The number of halogens is 5. The summed E-state index contributed by atoms with van der Waals surface area (Å²) in [4.78, 5) is 23.9. The van der Waals surface area contributed by atoms with Gasteiger partial charge in [-0.3, -0.25) is 9.59 Å². The first-order valence-corrected chi connectivity index (χ1v) is 8.21. The van der Waals surface area contributed by atoms with Crippen molar-refractivity contribution in [3.63, 3.8) is 0 Å². The maximum atomic E-state index is 13.2. The van der Waals surface area contributed by atoms with Gasteiger partial charge in [0.2, 0.25) is 0 Å². The fourth-order valence-electron chi connectivity index (χ4n) is 2.31. The maximum absolute atomic E-state index is 13.2. The van der Waals surface area contributed by atoms with Crippen LogP contribution in [0, 0.1) is 5.82 Å². The number of hydrogen-bond acceptors (Lipinski definition) is 4. The molecular weight excluding hydrogens is 418 g/mol. The zero-order valence-corrected chi connectivity index (χ0v) is 14.9. The van der Waals surface area contributed by atoms with Crippen molar-refractivity contribution in [2.75, 3.05) is 5.32 Å². The lowest BCUT2D eigenvalue weighted by Crippen LogP contribution is -2.17. The van der Waals surface area contributed by atoms with E-state index in [1.807, 2.05) is 0 Å². The Kier molecular flexibility index (Phi) is 5.55.